The molecule has 6 nitrogen and oxygen atoms in total. The van der Waals surface area contributed by atoms with Crippen molar-refractivity contribution in [3.63, 3.8) is 0 Å². The monoisotopic (exact) mass is 488 g/mol. The molecule has 162 valence electrons. The lowest BCUT2D eigenvalue weighted by Crippen LogP contribution is -3.14. The number of ether oxygens (including phenoxy) is 1. The van der Waals surface area contributed by atoms with E-state index in [1.807, 2.05) is 0 Å². The number of nitrogens with one attached hydrogen (secondary N) is 1. The van der Waals surface area contributed by atoms with Crippen molar-refractivity contribution in [2.24, 2.45) is 0 Å². The zero-order valence-corrected chi connectivity index (χ0v) is 18.4. The van der Waals surface area contributed by atoms with E-state index in [2.05, 4.69) is 15.9 Å². The molecule has 0 spiro atoms. The van der Waals surface area contributed by atoms with E-state index in [1.54, 1.807) is 30.3 Å². The molecule has 2 heterocycles. The molecule has 1 amide bonds. The fraction of sp³-hybridized carbons (Fsp3) is 0.304. The second kappa shape index (κ2) is 9.30. The molecular weight excluding hydrogens is 467 g/mol. The molecule has 0 radical (unpaired) electrons. The zero-order valence-electron chi connectivity index (χ0n) is 16.8. The van der Waals surface area contributed by atoms with Gasteiger partial charge in [0.25, 0.3) is 5.91 Å². The molecule has 2 aromatic rings. The highest BCUT2D eigenvalue weighted by Crippen LogP contribution is 2.38. The molecular formula is C23H22BrFN2O4. The van der Waals surface area contributed by atoms with Crippen LogP contribution < -0.4 is 10.0 Å². The molecule has 31 heavy (non-hydrogen) atoms. The predicted octanol–water partition coefficient (Wildman–Crippen LogP) is 0.727. The van der Waals surface area contributed by atoms with Gasteiger partial charge in [0, 0.05) is 10.0 Å². The molecule has 2 aliphatic rings. The maximum atomic E-state index is 14.0. The van der Waals surface area contributed by atoms with Crippen LogP contribution in [-0.4, -0.2) is 56.0 Å². The number of benzene rings is 2. The minimum Gasteiger partial charge on any atom is -0.872 e. The van der Waals surface area contributed by atoms with Crippen molar-refractivity contribution in [2.45, 2.75) is 6.04 Å². The molecule has 4 rings (SSSR count). The Kier molecular flexibility index (Phi) is 6.50. The lowest BCUT2D eigenvalue weighted by Gasteiger charge is -2.30. The Bertz CT molecular complexity index is 1020. The topological polar surface area (TPSA) is 74.1 Å². The van der Waals surface area contributed by atoms with Crippen LogP contribution >= 0.6 is 15.9 Å². The van der Waals surface area contributed by atoms with Crippen LogP contribution in [0.5, 0.6) is 0 Å². The Morgan fingerprint density at radius 2 is 1.87 bits per heavy atom. The number of nitrogens with zero attached hydrogens (tertiary/aromatic N) is 1. The first kappa shape index (κ1) is 21.7. The number of Topliss-reactive ketones (excluding diaryl/α,β-unsaturated/α-hetero) is 1. The third kappa shape index (κ3) is 4.56. The Balaban J connectivity index is 1.73. The van der Waals surface area contributed by atoms with Crippen molar-refractivity contribution in [2.75, 3.05) is 39.4 Å². The normalized spacial score (nSPS) is 21.6. The SMILES string of the molecule is O=C1C(=O)N(CC[NH+]2CCOCC2)C(c2cccc(F)c2)/C1=C(\[O-])c1ccc(Br)cc1. The summed E-state index contributed by atoms with van der Waals surface area (Å²) in [5.41, 5.74) is 0.591. The number of rotatable bonds is 5. The number of halogens is 2. The fourth-order valence-electron chi connectivity index (χ4n) is 4.07. The second-order valence-electron chi connectivity index (χ2n) is 7.65. The van der Waals surface area contributed by atoms with E-state index < -0.39 is 29.3 Å². The summed E-state index contributed by atoms with van der Waals surface area (Å²) in [6.07, 6.45) is 0. The highest BCUT2D eigenvalue weighted by molar-refractivity contribution is 9.10. The number of hydrogen-bond donors (Lipinski definition) is 1. The van der Waals surface area contributed by atoms with E-state index in [9.17, 15) is 19.1 Å². The van der Waals surface area contributed by atoms with Gasteiger partial charge in [-0.1, -0.05) is 46.0 Å². The van der Waals surface area contributed by atoms with Gasteiger partial charge >= 0.3 is 0 Å². The Labute approximate surface area is 188 Å². The first-order valence-corrected chi connectivity index (χ1v) is 10.9. The van der Waals surface area contributed by atoms with Crippen LogP contribution in [0.15, 0.2) is 58.6 Å². The van der Waals surface area contributed by atoms with E-state index in [-0.39, 0.29) is 12.1 Å². The van der Waals surface area contributed by atoms with E-state index in [0.717, 1.165) is 17.6 Å². The molecule has 2 fully saturated rings. The van der Waals surface area contributed by atoms with Gasteiger partial charge in [0.2, 0.25) is 5.78 Å². The summed E-state index contributed by atoms with van der Waals surface area (Å²) in [5.74, 6) is -2.54. The van der Waals surface area contributed by atoms with Crippen LogP contribution in [0.25, 0.3) is 5.76 Å². The van der Waals surface area contributed by atoms with Crippen molar-refractivity contribution in [3.05, 3.63) is 75.5 Å². The summed E-state index contributed by atoms with van der Waals surface area (Å²) in [6, 6.07) is 11.4. The number of ketones is 1. The maximum absolute atomic E-state index is 14.0. The van der Waals surface area contributed by atoms with Gasteiger partial charge in [-0.05, 0) is 35.4 Å². The van der Waals surface area contributed by atoms with Crippen molar-refractivity contribution >= 4 is 33.4 Å². The molecule has 0 bridgehead atoms. The number of quaternary nitrogens is 1. The zero-order chi connectivity index (χ0) is 22.0. The Morgan fingerprint density at radius 1 is 1.16 bits per heavy atom. The highest BCUT2D eigenvalue weighted by atomic mass is 79.9. The van der Waals surface area contributed by atoms with Crippen LogP contribution in [0.1, 0.15) is 17.2 Å². The quantitative estimate of drug-likeness (QED) is 0.382. The minimum atomic E-state index is -0.910. The van der Waals surface area contributed by atoms with E-state index in [4.69, 9.17) is 4.74 Å². The molecule has 2 saturated heterocycles. The van der Waals surface area contributed by atoms with E-state index in [1.165, 1.54) is 28.0 Å². The van der Waals surface area contributed by atoms with Gasteiger partial charge in [0.05, 0.1) is 32.3 Å². The molecule has 2 aliphatic heterocycles. The van der Waals surface area contributed by atoms with Crippen LogP contribution in [0.3, 0.4) is 0 Å². The first-order chi connectivity index (χ1) is 15.0. The summed E-state index contributed by atoms with van der Waals surface area (Å²) in [6.45, 7) is 3.83. The van der Waals surface area contributed by atoms with Gasteiger partial charge in [0.1, 0.15) is 18.9 Å². The van der Waals surface area contributed by atoms with Gasteiger partial charge in [-0.15, -0.1) is 0 Å². The van der Waals surface area contributed by atoms with Gasteiger partial charge < -0.3 is 19.6 Å². The predicted molar refractivity (Wildman–Crippen MR) is 113 cm³/mol. The number of carbonyl (C=O) groups excluding carboxylic acids is 2. The second-order valence-corrected chi connectivity index (χ2v) is 8.56. The van der Waals surface area contributed by atoms with Gasteiger partial charge in [-0.2, -0.15) is 0 Å². The molecule has 8 heteroatoms. The van der Waals surface area contributed by atoms with Crippen molar-refractivity contribution in [3.8, 4) is 0 Å². The first-order valence-electron chi connectivity index (χ1n) is 10.1. The van der Waals surface area contributed by atoms with Crippen molar-refractivity contribution in [1.29, 1.82) is 0 Å². The lowest BCUT2D eigenvalue weighted by atomic mass is 9.95. The standard InChI is InChI=1S/C23H22BrFN2O4/c24-17-6-4-15(5-7-17)21(28)19-20(16-2-1-3-18(25)14-16)27(23(30)22(19)29)9-8-26-10-12-31-13-11-26/h1-7,14,20,28H,8-13H2/b21-19+. The van der Waals surface area contributed by atoms with Gasteiger partial charge in [-0.3, -0.25) is 9.59 Å². The van der Waals surface area contributed by atoms with Crippen LogP contribution in [0.2, 0.25) is 0 Å². The lowest BCUT2D eigenvalue weighted by molar-refractivity contribution is -0.907. The number of hydrogen-bond acceptors (Lipinski definition) is 4. The van der Waals surface area contributed by atoms with Crippen molar-refractivity contribution < 1.29 is 28.7 Å². The van der Waals surface area contributed by atoms with E-state index in [0.29, 0.717) is 30.9 Å². The van der Waals surface area contributed by atoms with Crippen LogP contribution in [-0.2, 0) is 14.3 Å². The summed E-state index contributed by atoms with van der Waals surface area (Å²) in [7, 11) is 0. The van der Waals surface area contributed by atoms with Gasteiger partial charge in [-0.25, -0.2) is 4.39 Å². The summed E-state index contributed by atoms with van der Waals surface area (Å²) in [4.78, 5) is 28.5. The summed E-state index contributed by atoms with van der Waals surface area (Å²) >= 11 is 3.32. The third-order valence-corrected chi connectivity index (χ3v) is 6.24. The molecule has 1 N–H and O–H groups in total. The smallest absolute Gasteiger partial charge is 0.295 e. The summed E-state index contributed by atoms with van der Waals surface area (Å²) in [5, 5.41) is 13.3. The maximum Gasteiger partial charge on any atom is 0.295 e. The van der Waals surface area contributed by atoms with Gasteiger partial charge in [0.15, 0.2) is 0 Å². The molecule has 0 aromatic heterocycles. The average molecular weight is 489 g/mol. The molecule has 0 saturated carbocycles. The number of morpholine rings is 1. The molecule has 1 unspecified atom stereocenters. The Hall–Kier alpha value is -2.55. The third-order valence-electron chi connectivity index (χ3n) is 5.71. The number of carbonyl (C=O) groups is 2. The minimum absolute atomic E-state index is 0.130. The Morgan fingerprint density at radius 3 is 2.55 bits per heavy atom. The summed E-state index contributed by atoms with van der Waals surface area (Å²) < 4.78 is 20.2. The highest BCUT2D eigenvalue weighted by Gasteiger charge is 2.44. The average Bonchev–Trinajstić information content (AvgIpc) is 3.03. The fourth-order valence-corrected chi connectivity index (χ4v) is 4.33. The molecule has 1 atom stereocenters. The molecule has 0 aliphatic carbocycles. The van der Waals surface area contributed by atoms with Crippen molar-refractivity contribution in [1.82, 2.24) is 4.90 Å². The van der Waals surface area contributed by atoms with Crippen LogP contribution in [0.4, 0.5) is 4.39 Å². The number of likely N-dealkylation sites (tertiary alicyclic amines) is 1. The molecule has 2 aromatic carbocycles. The van der Waals surface area contributed by atoms with Crippen LogP contribution in [0, 0.1) is 5.82 Å². The largest absolute Gasteiger partial charge is 0.872 e. The number of amides is 1. The van der Waals surface area contributed by atoms with E-state index >= 15 is 0 Å².